The first-order chi connectivity index (χ1) is 9.58. The van der Waals surface area contributed by atoms with Gasteiger partial charge in [-0.3, -0.25) is 4.79 Å². The standard InChI is InChI=1S/C16H21NO2S/c1-12-7-8-14(6-4-5-9-18)10-15(12)16(19)17-11-13(2)20-3/h7-8,10,13,18H,5,9,11H2,1-3H3,(H,17,19). The summed E-state index contributed by atoms with van der Waals surface area (Å²) in [6, 6.07) is 5.59. The van der Waals surface area contributed by atoms with Crippen molar-refractivity contribution in [1.82, 2.24) is 5.32 Å². The Kier molecular flexibility index (Phi) is 7.21. The molecule has 0 saturated heterocycles. The highest BCUT2D eigenvalue weighted by atomic mass is 32.2. The largest absolute Gasteiger partial charge is 0.395 e. The summed E-state index contributed by atoms with van der Waals surface area (Å²) < 4.78 is 0. The molecule has 1 amide bonds. The average molecular weight is 291 g/mol. The summed E-state index contributed by atoms with van der Waals surface area (Å²) in [5.41, 5.74) is 2.40. The molecule has 0 spiro atoms. The summed E-state index contributed by atoms with van der Waals surface area (Å²) in [5, 5.41) is 12.0. The quantitative estimate of drug-likeness (QED) is 0.818. The maximum absolute atomic E-state index is 12.2. The van der Waals surface area contributed by atoms with Crippen LogP contribution in [0.2, 0.25) is 0 Å². The van der Waals surface area contributed by atoms with Crippen LogP contribution in [0.15, 0.2) is 18.2 Å². The zero-order valence-electron chi connectivity index (χ0n) is 12.2. The van der Waals surface area contributed by atoms with Gasteiger partial charge in [0.1, 0.15) is 0 Å². The second kappa shape index (κ2) is 8.68. The van der Waals surface area contributed by atoms with Crippen molar-refractivity contribution in [1.29, 1.82) is 0 Å². The Balaban J connectivity index is 2.81. The van der Waals surface area contributed by atoms with Gasteiger partial charge in [0.2, 0.25) is 0 Å². The minimum Gasteiger partial charge on any atom is -0.395 e. The SMILES string of the molecule is CSC(C)CNC(=O)c1cc(C#CCCO)ccc1C. The van der Waals surface area contributed by atoms with Crippen LogP contribution in [0.25, 0.3) is 0 Å². The van der Waals surface area contributed by atoms with Gasteiger partial charge in [-0.2, -0.15) is 11.8 Å². The summed E-state index contributed by atoms with van der Waals surface area (Å²) >= 11 is 1.72. The molecule has 20 heavy (non-hydrogen) atoms. The monoisotopic (exact) mass is 291 g/mol. The van der Waals surface area contributed by atoms with Crippen molar-refractivity contribution in [2.75, 3.05) is 19.4 Å². The van der Waals surface area contributed by atoms with Crippen LogP contribution in [-0.4, -0.2) is 35.7 Å². The van der Waals surface area contributed by atoms with Crippen LogP contribution < -0.4 is 5.32 Å². The van der Waals surface area contributed by atoms with Gasteiger partial charge in [0.25, 0.3) is 5.91 Å². The molecule has 0 heterocycles. The number of amides is 1. The van der Waals surface area contributed by atoms with Gasteiger partial charge in [-0.15, -0.1) is 0 Å². The molecule has 0 bridgehead atoms. The summed E-state index contributed by atoms with van der Waals surface area (Å²) in [5.74, 6) is 5.75. The first kappa shape index (κ1) is 16.6. The number of nitrogens with one attached hydrogen (secondary N) is 1. The summed E-state index contributed by atoms with van der Waals surface area (Å²) in [6.07, 6.45) is 2.47. The van der Waals surface area contributed by atoms with Crippen LogP contribution in [0, 0.1) is 18.8 Å². The fourth-order valence-electron chi connectivity index (χ4n) is 1.58. The van der Waals surface area contributed by atoms with Crippen molar-refractivity contribution in [3.05, 3.63) is 34.9 Å². The number of benzene rings is 1. The van der Waals surface area contributed by atoms with Gasteiger partial charge >= 0.3 is 0 Å². The lowest BCUT2D eigenvalue weighted by Crippen LogP contribution is -2.29. The van der Waals surface area contributed by atoms with Crippen molar-refractivity contribution in [2.45, 2.75) is 25.5 Å². The number of aliphatic hydroxyl groups excluding tert-OH is 1. The molecule has 0 radical (unpaired) electrons. The molecule has 1 unspecified atom stereocenters. The highest BCUT2D eigenvalue weighted by molar-refractivity contribution is 7.99. The molecule has 4 heteroatoms. The number of thioether (sulfide) groups is 1. The van der Waals surface area contributed by atoms with Gasteiger partial charge in [0, 0.05) is 29.3 Å². The lowest BCUT2D eigenvalue weighted by atomic mass is 10.0. The van der Waals surface area contributed by atoms with E-state index >= 15 is 0 Å². The highest BCUT2D eigenvalue weighted by Crippen LogP contribution is 2.11. The molecule has 0 fully saturated rings. The smallest absolute Gasteiger partial charge is 0.251 e. The Labute approximate surface area is 125 Å². The maximum atomic E-state index is 12.2. The van der Waals surface area contributed by atoms with Crippen LogP contribution in [-0.2, 0) is 0 Å². The predicted molar refractivity (Wildman–Crippen MR) is 85.1 cm³/mol. The van der Waals surface area contributed by atoms with Gasteiger partial charge in [-0.05, 0) is 30.9 Å². The van der Waals surface area contributed by atoms with Gasteiger partial charge in [0.05, 0.1) is 6.61 Å². The van der Waals surface area contributed by atoms with E-state index in [0.717, 1.165) is 11.1 Å². The third-order valence-electron chi connectivity index (χ3n) is 2.90. The van der Waals surface area contributed by atoms with Crippen LogP contribution in [0.4, 0.5) is 0 Å². The summed E-state index contributed by atoms with van der Waals surface area (Å²) in [4.78, 5) is 12.2. The molecule has 0 saturated carbocycles. The van der Waals surface area contributed by atoms with E-state index in [1.807, 2.05) is 25.3 Å². The normalized spacial score (nSPS) is 11.4. The topological polar surface area (TPSA) is 49.3 Å². The fraction of sp³-hybridized carbons (Fsp3) is 0.438. The van der Waals surface area contributed by atoms with Crippen LogP contribution in [0.3, 0.4) is 0 Å². The zero-order chi connectivity index (χ0) is 15.0. The average Bonchev–Trinajstić information content (AvgIpc) is 2.46. The van der Waals surface area contributed by atoms with E-state index < -0.39 is 0 Å². The number of aliphatic hydroxyl groups is 1. The number of carbonyl (C=O) groups is 1. The second-order valence-corrected chi connectivity index (χ2v) is 5.84. The first-order valence-electron chi connectivity index (χ1n) is 6.60. The van der Waals surface area contributed by atoms with Gasteiger partial charge in [-0.1, -0.05) is 24.8 Å². The Morgan fingerprint density at radius 3 is 2.90 bits per heavy atom. The van der Waals surface area contributed by atoms with E-state index in [2.05, 4.69) is 24.1 Å². The van der Waals surface area contributed by atoms with Crippen LogP contribution >= 0.6 is 11.8 Å². The molecule has 1 aromatic carbocycles. The Morgan fingerprint density at radius 1 is 1.50 bits per heavy atom. The molecule has 1 aromatic rings. The number of aryl methyl sites for hydroxylation is 1. The lowest BCUT2D eigenvalue weighted by Gasteiger charge is -2.11. The van der Waals surface area contributed by atoms with E-state index in [1.54, 1.807) is 17.8 Å². The number of hydrogen-bond acceptors (Lipinski definition) is 3. The van der Waals surface area contributed by atoms with Gasteiger partial charge in [-0.25, -0.2) is 0 Å². The number of hydrogen-bond donors (Lipinski definition) is 2. The van der Waals surface area contributed by atoms with E-state index in [9.17, 15) is 4.79 Å². The zero-order valence-corrected chi connectivity index (χ0v) is 13.0. The second-order valence-electron chi connectivity index (χ2n) is 4.56. The molecule has 0 aliphatic heterocycles. The number of carbonyl (C=O) groups excluding carboxylic acids is 1. The third-order valence-corrected chi connectivity index (χ3v) is 3.88. The molecular weight excluding hydrogens is 270 g/mol. The molecule has 1 rings (SSSR count). The molecule has 2 N–H and O–H groups in total. The van der Waals surface area contributed by atoms with Crippen molar-refractivity contribution in [3.63, 3.8) is 0 Å². The molecule has 0 aromatic heterocycles. The van der Waals surface area contributed by atoms with E-state index in [4.69, 9.17) is 5.11 Å². The van der Waals surface area contributed by atoms with Crippen molar-refractivity contribution >= 4 is 17.7 Å². The van der Waals surface area contributed by atoms with E-state index in [-0.39, 0.29) is 12.5 Å². The van der Waals surface area contributed by atoms with E-state index in [0.29, 0.717) is 23.8 Å². The Bertz CT molecular complexity index is 517. The maximum Gasteiger partial charge on any atom is 0.251 e. The lowest BCUT2D eigenvalue weighted by molar-refractivity contribution is 0.0953. The molecule has 0 aliphatic carbocycles. The molecular formula is C16H21NO2S. The number of rotatable bonds is 5. The van der Waals surface area contributed by atoms with Gasteiger partial charge < -0.3 is 10.4 Å². The highest BCUT2D eigenvalue weighted by Gasteiger charge is 2.10. The summed E-state index contributed by atoms with van der Waals surface area (Å²) in [6.45, 7) is 4.70. The van der Waals surface area contributed by atoms with Crippen molar-refractivity contribution in [3.8, 4) is 11.8 Å². The molecule has 1 atom stereocenters. The van der Waals surface area contributed by atoms with Crippen molar-refractivity contribution in [2.24, 2.45) is 0 Å². The fourth-order valence-corrected chi connectivity index (χ4v) is 1.83. The molecule has 108 valence electrons. The van der Waals surface area contributed by atoms with Gasteiger partial charge in [0.15, 0.2) is 0 Å². The van der Waals surface area contributed by atoms with Crippen molar-refractivity contribution < 1.29 is 9.90 Å². The minimum absolute atomic E-state index is 0.0543. The summed E-state index contributed by atoms with van der Waals surface area (Å²) in [7, 11) is 0. The first-order valence-corrected chi connectivity index (χ1v) is 7.88. The predicted octanol–water partition coefficient (Wildman–Crippen LogP) is 2.21. The van der Waals surface area contributed by atoms with Crippen LogP contribution in [0.5, 0.6) is 0 Å². The van der Waals surface area contributed by atoms with E-state index in [1.165, 1.54) is 0 Å². The minimum atomic E-state index is -0.0609. The Morgan fingerprint density at radius 2 is 2.25 bits per heavy atom. The third kappa shape index (κ3) is 5.28. The Hall–Kier alpha value is -1.44. The molecule has 0 aliphatic rings. The van der Waals surface area contributed by atoms with Crippen LogP contribution in [0.1, 0.15) is 34.8 Å². The molecule has 3 nitrogen and oxygen atoms in total.